The molecule has 1 saturated carbocycles. The first kappa shape index (κ1) is 16.3. The number of rotatable bonds is 5. The topological polar surface area (TPSA) is 65.5 Å². The quantitative estimate of drug-likeness (QED) is 0.220. The predicted octanol–water partition coefficient (Wildman–Crippen LogP) is 1.01. The highest BCUT2D eigenvalue weighted by Crippen LogP contribution is 2.28. The van der Waals surface area contributed by atoms with Gasteiger partial charge in [-0.25, -0.2) is 0 Å². The summed E-state index contributed by atoms with van der Waals surface area (Å²) in [5, 5.41) is 9.48. The molecule has 108 valence electrons. The summed E-state index contributed by atoms with van der Waals surface area (Å²) in [4.78, 5) is 15.6. The molecule has 2 aliphatic carbocycles. The van der Waals surface area contributed by atoms with E-state index >= 15 is 0 Å². The number of amides is 1. The Labute approximate surface area is 131 Å². The van der Waals surface area contributed by atoms with Crippen LogP contribution < -0.4 is 16.0 Å². The third kappa shape index (κ3) is 5.80. The van der Waals surface area contributed by atoms with Crippen LogP contribution in [0.5, 0.6) is 0 Å². The van der Waals surface area contributed by atoms with Crippen LogP contribution in [0.2, 0.25) is 0 Å². The molecule has 19 heavy (non-hydrogen) atoms. The summed E-state index contributed by atoms with van der Waals surface area (Å²) in [5.41, 5.74) is 0. The maximum Gasteiger partial charge on any atom is 0.223 e. The molecule has 1 amide bonds. The maximum absolute atomic E-state index is 11.4. The second kappa shape index (κ2) is 8.39. The van der Waals surface area contributed by atoms with Crippen LogP contribution >= 0.6 is 24.0 Å². The van der Waals surface area contributed by atoms with Crippen LogP contribution in [0.4, 0.5) is 0 Å². The molecule has 0 heterocycles. The third-order valence-electron chi connectivity index (χ3n) is 3.24. The zero-order valence-electron chi connectivity index (χ0n) is 11.3. The van der Waals surface area contributed by atoms with E-state index in [0.29, 0.717) is 19.1 Å². The van der Waals surface area contributed by atoms with E-state index in [-0.39, 0.29) is 35.8 Å². The number of aliphatic imine (C=N–C) groups is 1. The van der Waals surface area contributed by atoms with Crippen molar-refractivity contribution in [3.05, 3.63) is 12.2 Å². The van der Waals surface area contributed by atoms with Crippen LogP contribution in [0.1, 0.15) is 25.7 Å². The van der Waals surface area contributed by atoms with Gasteiger partial charge in [-0.2, -0.15) is 0 Å². The molecule has 0 saturated heterocycles. The lowest BCUT2D eigenvalue weighted by atomic mass is 10.2. The zero-order chi connectivity index (χ0) is 12.8. The van der Waals surface area contributed by atoms with E-state index in [0.717, 1.165) is 31.6 Å². The Morgan fingerprint density at radius 1 is 1.21 bits per heavy atom. The first-order chi connectivity index (χ1) is 8.79. The van der Waals surface area contributed by atoms with Crippen molar-refractivity contribution in [2.75, 3.05) is 20.1 Å². The predicted molar refractivity (Wildman–Crippen MR) is 87.8 cm³/mol. The maximum atomic E-state index is 11.4. The molecular weight excluding hydrogens is 355 g/mol. The monoisotopic (exact) mass is 378 g/mol. The average Bonchev–Trinajstić information content (AvgIpc) is 3.11. The van der Waals surface area contributed by atoms with Gasteiger partial charge in [0.1, 0.15) is 0 Å². The van der Waals surface area contributed by atoms with E-state index in [1.165, 1.54) is 0 Å². The molecule has 6 heteroatoms. The minimum Gasteiger partial charge on any atom is -0.355 e. The second-order valence-electron chi connectivity index (χ2n) is 4.85. The summed E-state index contributed by atoms with van der Waals surface area (Å²) in [6, 6.07) is 0.456. The molecule has 1 fully saturated rings. The average molecular weight is 378 g/mol. The Balaban J connectivity index is 0.00000180. The fourth-order valence-electron chi connectivity index (χ4n) is 1.98. The lowest BCUT2D eigenvalue weighted by Crippen LogP contribution is -2.45. The highest BCUT2D eigenvalue weighted by molar-refractivity contribution is 14.0. The van der Waals surface area contributed by atoms with Crippen molar-refractivity contribution in [1.82, 2.24) is 16.0 Å². The summed E-state index contributed by atoms with van der Waals surface area (Å²) < 4.78 is 0. The smallest absolute Gasteiger partial charge is 0.223 e. The van der Waals surface area contributed by atoms with E-state index < -0.39 is 0 Å². The number of hydrogen-bond donors (Lipinski definition) is 3. The lowest BCUT2D eigenvalue weighted by Gasteiger charge is -2.17. The Bertz CT molecular complexity index is 345. The minimum atomic E-state index is 0. The Morgan fingerprint density at radius 3 is 2.42 bits per heavy atom. The Kier molecular flexibility index (Phi) is 7.19. The van der Waals surface area contributed by atoms with Gasteiger partial charge in [-0.3, -0.25) is 9.79 Å². The summed E-state index contributed by atoms with van der Waals surface area (Å²) in [6.07, 6.45) is 8.58. The summed E-state index contributed by atoms with van der Waals surface area (Å²) in [5.74, 6) is 1.29. The van der Waals surface area contributed by atoms with Crippen molar-refractivity contribution in [1.29, 1.82) is 0 Å². The van der Waals surface area contributed by atoms with Gasteiger partial charge >= 0.3 is 0 Å². The molecule has 0 atom stereocenters. The molecule has 0 spiro atoms. The van der Waals surface area contributed by atoms with Gasteiger partial charge < -0.3 is 16.0 Å². The van der Waals surface area contributed by atoms with Gasteiger partial charge in [0.25, 0.3) is 0 Å². The number of guanidine groups is 1. The molecule has 3 N–H and O–H groups in total. The van der Waals surface area contributed by atoms with Crippen LogP contribution in [0.15, 0.2) is 17.1 Å². The largest absolute Gasteiger partial charge is 0.355 e. The Morgan fingerprint density at radius 2 is 1.84 bits per heavy atom. The minimum absolute atomic E-state index is 0. The van der Waals surface area contributed by atoms with Crippen molar-refractivity contribution in [3.63, 3.8) is 0 Å². The van der Waals surface area contributed by atoms with Crippen LogP contribution in [0, 0.1) is 5.92 Å². The number of nitrogens with one attached hydrogen (secondary N) is 3. The number of carbonyl (C=O) groups excluding carboxylic acids is 1. The van der Waals surface area contributed by atoms with Crippen LogP contribution in [-0.2, 0) is 4.79 Å². The van der Waals surface area contributed by atoms with Gasteiger partial charge in [-0.05, 0) is 25.7 Å². The molecule has 0 unspecified atom stereocenters. The van der Waals surface area contributed by atoms with E-state index in [4.69, 9.17) is 0 Å². The normalized spacial score (nSPS) is 18.9. The number of hydrogen-bond acceptors (Lipinski definition) is 2. The summed E-state index contributed by atoms with van der Waals surface area (Å²) in [7, 11) is 1.76. The first-order valence-corrected chi connectivity index (χ1v) is 6.69. The SMILES string of the molecule is CN=C(NCCNC(=O)C1CC1)NC1CC=CC1.I. The Hall–Kier alpha value is -0.790. The molecule has 2 aliphatic rings. The van der Waals surface area contributed by atoms with Crippen molar-refractivity contribution in [2.45, 2.75) is 31.7 Å². The third-order valence-corrected chi connectivity index (χ3v) is 3.24. The number of halogens is 1. The van der Waals surface area contributed by atoms with Crippen molar-refractivity contribution in [2.24, 2.45) is 10.9 Å². The van der Waals surface area contributed by atoms with Gasteiger partial charge in [-0.1, -0.05) is 12.2 Å². The molecule has 0 aliphatic heterocycles. The second-order valence-corrected chi connectivity index (χ2v) is 4.85. The molecular formula is C13H23IN4O. The summed E-state index contributed by atoms with van der Waals surface area (Å²) in [6.45, 7) is 1.36. The highest BCUT2D eigenvalue weighted by Gasteiger charge is 2.28. The standard InChI is InChI=1S/C13H22N4O.HI/c1-14-13(17-11-4-2-3-5-11)16-9-8-15-12(18)10-6-7-10;/h2-3,10-11H,4-9H2,1H3,(H,15,18)(H2,14,16,17);1H. The molecule has 2 rings (SSSR count). The molecule has 0 aromatic heterocycles. The fourth-order valence-corrected chi connectivity index (χ4v) is 1.98. The van der Waals surface area contributed by atoms with E-state index in [9.17, 15) is 4.79 Å². The van der Waals surface area contributed by atoms with Gasteiger partial charge in [0.15, 0.2) is 5.96 Å². The van der Waals surface area contributed by atoms with Gasteiger partial charge in [-0.15, -0.1) is 24.0 Å². The van der Waals surface area contributed by atoms with Crippen molar-refractivity contribution in [3.8, 4) is 0 Å². The van der Waals surface area contributed by atoms with Crippen molar-refractivity contribution < 1.29 is 4.79 Å². The summed E-state index contributed by atoms with van der Waals surface area (Å²) >= 11 is 0. The van der Waals surface area contributed by atoms with Gasteiger partial charge in [0.05, 0.1) is 0 Å². The van der Waals surface area contributed by atoms with Crippen LogP contribution in [0.25, 0.3) is 0 Å². The molecule has 0 aromatic carbocycles. The molecule has 0 aromatic rings. The van der Waals surface area contributed by atoms with E-state index in [1.807, 2.05) is 0 Å². The molecule has 0 radical (unpaired) electrons. The lowest BCUT2D eigenvalue weighted by molar-refractivity contribution is -0.122. The molecule has 5 nitrogen and oxygen atoms in total. The van der Waals surface area contributed by atoms with Gasteiger partial charge in [0.2, 0.25) is 5.91 Å². The van der Waals surface area contributed by atoms with Crippen LogP contribution in [-0.4, -0.2) is 38.0 Å². The van der Waals surface area contributed by atoms with Crippen LogP contribution in [0.3, 0.4) is 0 Å². The first-order valence-electron chi connectivity index (χ1n) is 6.69. The van der Waals surface area contributed by atoms with E-state index in [2.05, 4.69) is 33.1 Å². The van der Waals surface area contributed by atoms with Gasteiger partial charge in [0, 0.05) is 32.1 Å². The number of nitrogens with zero attached hydrogens (tertiary/aromatic N) is 1. The number of carbonyl (C=O) groups is 1. The highest BCUT2D eigenvalue weighted by atomic mass is 127. The fraction of sp³-hybridized carbons (Fsp3) is 0.692. The van der Waals surface area contributed by atoms with E-state index in [1.54, 1.807) is 7.05 Å². The zero-order valence-corrected chi connectivity index (χ0v) is 13.6. The molecule has 0 bridgehead atoms. The van der Waals surface area contributed by atoms with Crippen molar-refractivity contribution >= 4 is 35.8 Å².